The van der Waals surface area contributed by atoms with Crippen LogP contribution < -0.4 is 5.32 Å². The van der Waals surface area contributed by atoms with Gasteiger partial charge in [-0.05, 0) is 33.2 Å². The lowest BCUT2D eigenvalue weighted by atomic mass is 9.90. The lowest BCUT2D eigenvalue weighted by Crippen LogP contribution is -2.22. The summed E-state index contributed by atoms with van der Waals surface area (Å²) in [6.45, 7) is 7.76. The average molecular weight is 228 g/mol. The number of rotatable bonds is 10. The molecule has 0 aliphatic rings. The molecule has 0 aromatic rings. The van der Waals surface area contributed by atoms with Crippen molar-refractivity contribution < 1.29 is 9.47 Å². The molecule has 0 unspecified atom stereocenters. The maximum atomic E-state index is 8.81. The first-order valence-electron chi connectivity index (χ1n) is 5.81. The number of nitriles is 1. The summed E-state index contributed by atoms with van der Waals surface area (Å²) in [5.41, 5.74) is -0.198. The van der Waals surface area contributed by atoms with Crippen LogP contribution in [0.25, 0.3) is 0 Å². The first kappa shape index (κ1) is 15.4. The van der Waals surface area contributed by atoms with Crippen molar-refractivity contribution >= 4 is 0 Å². The van der Waals surface area contributed by atoms with Gasteiger partial charge in [0.2, 0.25) is 0 Å². The molecule has 94 valence electrons. The molecule has 0 saturated carbocycles. The fraction of sp³-hybridized carbons (Fsp3) is 0.917. The molecule has 0 aliphatic heterocycles. The van der Waals surface area contributed by atoms with Crippen LogP contribution in [0.4, 0.5) is 0 Å². The molecule has 0 rings (SSSR count). The van der Waals surface area contributed by atoms with Crippen LogP contribution in [0.15, 0.2) is 0 Å². The number of ether oxygens (including phenoxy) is 2. The van der Waals surface area contributed by atoms with E-state index in [9.17, 15) is 0 Å². The summed E-state index contributed by atoms with van der Waals surface area (Å²) in [6.07, 6.45) is 1.96. The summed E-state index contributed by atoms with van der Waals surface area (Å²) in [5, 5.41) is 12.1. The molecule has 16 heavy (non-hydrogen) atoms. The van der Waals surface area contributed by atoms with Crippen LogP contribution in [0.2, 0.25) is 0 Å². The average Bonchev–Trinajstić information content (AvgIpc) is 2.27. The fourth-order valence-electron chi connectivity index (χ4n) is 1.22. The first-order chi connectivity index (χ1) is 7.62. The van der Waals surface area contributed by atoms with Crippen molar-refractivity contribution in [1.29, 1.82) is 5.26 Å². The van der Waals surface area contributed by atoms with Gasteiger partial charge in [-0.25, -0.2) is 0 Å². The van der Waals surface area contributed by atoms with Crippen molar-refractivity contribution in [1.82, 2.24) is 5.32 Å². The Kier molecular flexibility index (Phi) is 9.21. The molecule has 4 heteroatoms. The molecule has 1 N–H and O–H groups in total. The smallest absolute Gasteiger partial charge is 0.0700 e. The van der Waals surface area contributed by atoms with Gasteiger partial charge in [0, 0.05) is 13.7 Å². The molecule has 0 spiro atoms. The second-order valence-corrected chi connectivity index (χ2v) is 4.45. The molecule has 0 amide bonds. The lowest BCUT2D eigenvalue weighted by molar-refractivity contribution is 0.0720. The normalized spacial score (nSPS) is 11.4. The van der Waals surface area contributed by atoms with Gasteiger partial charge in [0.05, 0.1) is 31.3 Å². The van der Waals surface area contributed by atoms with Crippen LogP contribution in [0.3, 0.4) is 0 Å². The van der Waals surface area contributed by atoms with Crippen molar-refractivity contribution in [2.24, 2.45) is 5.41 Å². The van der Waals surface area contributed by atoms with Crippen LogP contribution in [0.1, 0.15) is 26.7 Å². The van der Waals surface area contributed by atoms with E-state index >= 15 is 0 Å². The zero-order valence-corrected chi connectivity index (χ0v) is 10.7. The van der Waals surface area contributed by atoms with E-state index in [4.69, 9.17) is 14.7 Å². The molecular weight excluding hydrogens is 204 g/mol. The fourth-order valence-corrected chi connectivity index (χ4v) is 1.22. The van der Waals surface area contributed by atoms with Gasteiger partial charge in [-0.3, -0.25) is 0 Å². The van der Waals surface area contributed by atoms with Crippen LogP contribution in [0, 0.1) is 16.7 Å². The molecule has 0 bridgehead atoms. The molecule has 0 heterocycles. The van der Waals surface area contributed by atoms with Gasteiger partial charge >= 0.3 is 0 Å². The van der Waals surface area contributed by atoms with Gasteiger partial charge in [0.1, 0.15) is 0 Å². The summed E-state index contributed by atoms with van der Waals surface area (Å²) >= 11 is 0. The SMILES string of the molecule is COCCOCCNCCCC(C)(C)C#N. The Morgan fingerprint density at radius 1 is 1.19 bits per heavy atom. The van der Waals surface area contributed by atoms with Crippen molar-refractivity contribution in [3.05, 3.63) is 0 Å². The van der Waals surface area contributed by atoms with E-state index in [-0.39, 0.29) is 5.41 Å². The molecule has 0 atom stereocenters. The van der Waals surface area contributed by atoms with Crippen LogP contribution >= 0.6 is 0 Å². The van der Waals surface area contributed by atoms with Crippen LogP contribution in [-0.4, -0.2) is 40.0 Å². The number of nitrogens with zero attached hydrogens (tertiary/aromatic N) is 1. The van der Waals surface area contributed by atoms with Crippen LogP contribution in [0.5, 0.6) is 0 Å². The molecule has 0 fully saturated rings. The molecule has 0 radical (unpaired) electrons. The van der Waals surface area contributed by atoms with E-state index in [0.29, 0.717) is 19.8 Å². The highest BCUT2D eigenvalue weighted by molar-refractivity contribution is 4.91. The molecule has 0 aromatic carbocycles. The van der Waals surface area contributed by atoms with E-state index in [1.807, 2.05) is 13.8 Å². The van der Waals surface area contributed by atoms with Gasteiger partial charge in [-0.15, -0.1) is 0 Å². The number of methoxy groups -OCH3 is 1. The third-order valence-electron chi connectivity index (χ3n) is 2.31. The minimum Gasteiger partial charge on any atom is -0.382 e. The minimum absolute atomic E-state index is 0.198. The maximum Gasteiger partial charge on any atom is 0.0700 e. The van der Waals surface area contributed by atoms with Crippen molar-refractivity contribution in [2.45, 2.75) is 26.7 Å². The minimum atomic E-state index is -0.198. The summed E-state index contributed by atoms with van der Waals surface area (Å²) in [4.78, 5) is 0. The molecular formula is C12H24N2O2. The first-order valence-corrected chi connectivity index (χ1v) is 5.81. The Labute approximate surface area is 98.9 Å². The quantitative estimate of drug-likeness (QED) is 0.577. The van der Waals surface area contributed by atoms with Crippen molar-refractivity contribution in [3.8, 4) is 6.07 Å². The monoisotopic (exact) mass is 228 g/mol. The topological polar surface area (TPSA) is 54.3 Å². The Morgan fingerprint density at radius 2 is 1.94 bits per heavy atom. The Hall–Kier alpha value is -0.630. The Bertz CT molecular complexity index is 200. The summed E-state index contributed by atoms with van der Waals surface area (Å²) in [5.74, 6) is 0. The highest BCUT2D eigenvalue weighted by Gasteiger charge is 2.14. The lowest BCUT2D eigenvalue weighted by Gasteiger charge is -2.14. The van der Waals surface area contributed by atoms with E-state index in [2.05, 4.69) is 11.4 Å². The van der Waals surface area contributed by atoms with E-state index < -0.39 is 0 Å². The third kappa shape index (κ3) is 9.91. The highest BCUT2D eigenvalue weighted by Crippen LogP contribution is 2.19. The Balaban J connectivity index is 3.14. The van der Waals surface area contributed by atoms with Gasteiger partial charge in [-0.1, -0.05) is 0 Å². The molecule has 0 saturated heterocycles. The molecule has 0 aromatic heterocycles. The van der Waals surface area contributed by atoms with E-state index in [0.717, 1.165) is 25.9 Å². The van der Waals surface area contributed by atoms with E-state index in [1.54, 1.807) is 7.11 Å². The number of nitrogens with one attached hydrogen (secondary N) is 1. The molecule has 0 aliphatic carbocycles. The van der Waals surface area contributed by atoms with Gasteiger partial charge < -0.3 is 14.8 Å². The Morgan fingerprint density at radius 3 is 2.56 bits per heavy atom. The zero-order valence-electron chi connectivity index (χ0n) is 10.7. The van der Waals surface area contributed by atoms with Crippen molar-refractivity contribution in [3.63, 3.8) is 0 Å². The predicted octanol–water partition coefficient (Wildman–Crippen LogP) is 1.57. The predicted molar refractivity (Wildman–Crippen MR) is 64.2 cm³/mol. The third-order valence-corrected chi connectivity index (χ3v) is 2.31. The summed E-state index contributed by atoms with van der Waals surface area (Å²) in [7, 11) is 1.67. The summed E-state index contributed by atoms with van der Waals surface area (Å²) < 4.78 is 10.2. The van der Waals surface area contributed by atoms with Gasteiger partial charge in [0.25, 0.3) is 0 Å². The van der Waals surface area contributed by atoms with E-state index in [1.165, 1.54) is 0 Å². The van der Waals surface area contributed by atoms with Gasteiger partial charge in [0.15, 0.2) is 0 Å². The van der Waals surface area contributed by atoms with Crippen molar-refractivity contribution in [2.75, 3.05) is 40.0 Å². The number of hydrogen-bond acceptors (Lipinski definition) is 4. The maximum absolute atomic E-state index is 8.81. The second kappa shape index (κ2) is 9.59. The molecule has 4 nitrogen and oxygen atoms in total. The zero-order chi connectivity index (χ0) is 12.3. The standard InChI is InChI=1S/C12H24N2O2/c1-12(2,11-13)5-4-6-14-7-8-16-10-9-15-3/h14H,4-10H2,1-3H3. The largest absolute Gasteiger partial charge is 0.382 e. The summed E-state index contributed by atoms with van der Waals surface area (Å²) in [6, 6.07) is 2.30. The van der Waals surface area contributed by atoms with Gasteiger partial charge in [-0.2, -0.15) is 5.26 Å². The number of hydrogen-bond donors (Lipinski definition) is 1. The second-order valence-electron chi connectivity index (χ2n) is 4.45. The highest BCUT2D eigenvalue weighted by atomic mass is 16.5. The van der Waals surface area contributed by atoms with Crippen LogP contribution in [-0.2, 0) is 9.47 Å².